The molecule has 2 heterocycles. The number of hydrogen-bond donors (Lipinski definition) is 3. The van der Waals surface area contributed by atoms with Crippen LogP contribution in [-0.2, 0) is 0 Å². The summed E-state index contributed by atoms with van der Waals surface area (Å²) in [7, 11) is 0. The smallest absolute Gasteiger partial charge is 0.252 e. The largest absolute Gasteiger partial charge is 0.381 e. The van der Waals surface area contributed by atoms with E-state index in [1.165, 1.54) is 19.3 Å². The van der Waals surface area contributed by atoms with Gasteiger partial charge in [0.05, 0.1) is 11.3 Å². The van der Waals surface area contributed by atoms with Crippen molar-refractivity contribution in [2.45, 2.75) is 45.1 Å². The third-order valence-corrected chi connectivity index (χ3v) is 4.62. The number of rotatable bonds is 4. The van der Waals surface area contributed by atoms with Crippen molar-refractivity contribution >= 4 is 22.6 Å². The van der Waals surface area contributed by atoms with Crippen LogP contribution in [0, 0.1) is 5.92 Å². The Hall–Kier alpha value is -2.04. The monoisotopic (exact) mass is 286 g/mol. The predicted octanol–water partition coefficient (Wildman–Crippen LogP) is 3.04. The second-order valence-electron chi connectivity index (χ2n) is 5.85. The van der Waals surface area contributed by atoms with Gasteiger partial charge in [0.15, 0.2) is 0 Å². The van der Waals surface area contributed by atoms with E-state index in [4.69, 9.17) is 5.73 Å². The first kappa shape index (κ1) is 13.9. The summed E-state index contributed by atoms with van der Waals surface area (Å²) in [5.74, 6) is 0.221. The molecule has 0 bridgehead atoms. The number of carbonyl (C=O) groups is 1. The lowest BCUT2D eigenvalue weighted by molar-refractivity contribution is 0.100. The van der Waals surface area contributed by atoms with Crippen molar-refractivity contribution in [3.63, 3.8) is 0 Å². The molecule has 0 unspecified atom stereocenters. The number of H-pyrrole nitrogens is 1. The van der Waals surface area contributed by atoms with Crippen LogP contribution in [0.4, 0.5) is 5.69 Å². The Bertz CT molecular complexity index is 649. The van der Waals surface area contributed by atoms with Crippen molar-refractivity contribution < 1.29 is 4.79 Å². The number of nitrogens with zero attached hydrogens (tertiary/aromatic N) is 1. The second-order valence-corrected chi connectivity index (χ2v) is 5.85. The first-order chi connectivity index (χ1) is 10.2. The van der Waals surface area contributed by atoms with Gasteiger partial charge in [-0.1, -0.05) is 26.2 Å². The number of carbonyl (C=O) groups excluding carboxylic acids is 1. The molecular weight excluding hydrogens is 264 g/mol. The number of fused-ring (bicyclic) bond motifs is 1. The first-order valence-corrected chi connectivity index (χ1v) is 7.73. The van der Waals surface area contributed by atoms with Gasteiger partial charge in [-0.2, -0.15) is 0 Å². The molecule has 0 radical (unpaired) electrons. The minimum absolute atomic E-state index is 0.405. The summed E-state index contributed by atoms with van der Waals surface area (Å²) in [6.07, 6.45) is 9.49. The average molecular weight is 286 g/mol. The Labute approximate surface area is 124 Å². The molecule has 4 N–H and O–H groups in total. The number of hydrogen-bond acceptors (Lipinski definition) is 3. The van der Waals surface area contributed by atoms with Gasteiger partial charge in [0, 0.05) is 23.8 Å². The van der Waals surface area contributed by atoms with Crippen LogP contribution >= 0.6 is 0 Å². The van der Waals surface area contributed by atoms with Gasteiger partial charge < -0.3 is 16.0 Å². The van der Waals surface area contributed by atoms with Crippen LogP contribution in [0.5, 0.6) is 0 Å². The lowest BCUT2D eigenvalue weighted by Crippen LogP contribution is -2.32. The zero-order chi connectivity index (χ0) is 14.8. The summed E-state index contributed by atoms with van der Waals surface area (Å²) < 4.78 is 0. The molecule has 1 aliphatic carbocycles. The quantitative estimate of drug-likeness (QED) is 0.807. The highest BCUT2D eigenvalue weighted by Gasteiger charge is 2.25. The van der Waals surface area contributed by atoms with Crippen LogP contribution in [0.2, 0.25) is 0 Å². The van der Waals surface area contributed by atoms with Crippen molar-refractivity contribution in [1.82, 2.24) is 9.97 Å². The van der Waals surface area contributed by atoms with Crippen molar-refractivity contribution in [2.24, 2.45) is 11.7 Å². The topological polar surface area (TPSA) is 83.8 Å². The van der Waals surface area contributed by atoms with E-state index >= 15 is 0 Å². The maximum absolute atomic E-state index is 11.7. The molecule has 112 valence electrons. The molecule has 2 aromatic heterocycles. The van der Waals surface area contributed by atoms with Gasteiger partial charge in [0.25, 0.3) is 5.91 Å². The van der Waals surface area contributed by atoms with Crippen LogP contribution in [0.3, 0.4) is 0 Å². The standard InChI is InChI=1S/C16H22N4O/c1-2-10-5-3-4-6-13(10)20-14-11-7-8-18-16(11)19-9-12(14)15(17)21/h7-10,13H,2-6H2,1H3,(H2,17,21)(H2,18,19,20)/t10-,13+/m1/s1. The lowest BCUT2D eigenvalue weighted by atomic mass is 9.82. The number of anilines is 1. The second kappa shape index (κ2) is 5.76. The van der Waals surface area contributed by atoms with Crippen molar-refractivity contribution in [2.75, 3.05) is 5.32 Å². The van der Waals surface area contributed by atoms with E-state index in [0.29, 0.717) is 17.5 Å². The summed E-state index contributed by atoms with van der Waals surface area (Å²) in [6, 6.07) is 2.35. The molecule has 1 fully saturated rings. The minimum Gasteiger partial charge on any atom is -0.381 e. The van der Waals surface area contributed by atoms with Gasteiger partial charge in [0.2, 0.25) is 0 Å². The molecule has 5 nitrogen and oxygen atoms in total. The number of nitrogens with one attached hydrogen (secondary N) is 2. The number of pyridine rings is 1. The van der Waals surface area contributed by atoms with E-state index in [-0.39, 0.29) is 0 Å². The van der Waals surface area contributed by atoms with Crippen LogP contribution < -0.4 is 11.1 Å². The van der Waals surface area contributed by atoms with Gasteiger partial charge >= 0.3 is 0 Å². The SMILES string of the molecule is CC[C@@H]1CCCC[C@@H]1Nc1c(C(N)=O)cnc2[nH]ccc12. The molecule has 21 heavy (non-hydrogen) atoms. The number of aromatic amines is 1. The normalized spacial score (nSPS) is 22.3. The molecule has 0 spiro atoms. The van der Waals surface area contributed by atoms with Gasteiger partial charge in [-0.15, -0.1) is 0 Å². The highest BCUT2D eigenvalue weighted by atomic mass is 16.1. The maximum atomic E-state index is 11.7. The predicted molar refractivity (Wildman–Crippen MR) is 84.3 cm³/mol. The Morgan fingerprint density at radius 2 is 2.29 bits per heavy atom. The summed E-state index contributed by atoms with van der Waals surface area (Å²) >= 11 is 0. The van der Waals surface area contributed by atoms with Crippen LogP contribution in [-0.4, -0.2) is 21.9 Å². The van der Waals surface area contributed by atoms with Crippen LogP contribution in [0.15, 0.2) is 18.5 Å². The summed E-state index contributed by atoms with van der Waals surface area (Å²) in [5.41, 5.74) is 7.61. The molecule has 2 atom stereocenters. The molecule has 5 heteroatoms. The molecule has 2 aromatic rings. The third kappa shape index (κ3) is 2.60. The molecule has 1 aliphatic rings. The van der Waals surface area contributed by atoms with Crippen LogP contribution in [0.1, 0.15) is 49.4 Å². The number of nitrogens with two attached hydrogens (primary N) is 1. The molecular formula is C16H22N4O. The van der Waals surface area contributed by atoms with Crippen molar-refractivity contribution in [3.05, 3.63) is 24.0 Å². The zero-order valence-electron chi connectivity index (χ0n) is 12.4. The zero-order valence-corrected chi connectivity index (χ0v) is 12.4. The van der Waals surface area contributed by atoms with E-state index in [9.17, 15) is 4.79 Å². The van der Waals surface area contributed by atoms with Crippen molar-refractivity contribution in [3.8, 4) is 0 Å². The Morgan fingerprint density at radius 1 is 1.48 bits per heavy atom. The molecule has 0 aliphatic heterocycles. The highest BCUT2D eigenvalue weighted by molar-refractivity contribution is 6.05. The fraction of sp³-hybridized carbons (Fsp3) is 0.500. The Kier molecular flexibility index (Phi) is 3.82. The van der Waals surface area contributed by atoms with Crippen LogP contribution in [0.25, 0.3) is 11.0 Å². The number of aromatic nitrogens is 2. The molecule has 0 aromatic carbocycles. The third-order valence-electron chi connectivity index (χ3n) is 4.62. The Balaban J connectivity index is 1.99. The van der Waals surface area contributed by atoms with E-state index in [1.807, 2.05) is 12.3 Å². The molecule has 0 saturated heterocycles. The van der Waals surface area contributed by atoms with Gasteiger partial charge in [-0.25, -0.2) is 4.98 Å². The van der Waals surface area contributed by atoms with Gasteiger partial charge in [-0.3, -0.25) is 4.79 Å². The Morgan fingerprint density at radius 3 is 3.05 bits per heavy atom. The number of amides is 1. The number of primary amides is 1. The fourth-order valence-corrected chi connectivity index (χ4v) is 3.42. The minimum atomic E-state index is -0.433. The summed E-state index contributed by atoms with van der Waals surface area (Å²) in [4.78, 5) is 19.1. The van der Waals surface area contributed by atoms with Gasteiger partial charge in [0.1, 0.15) is 5.65 Å². The van der Waals surface area contributed by atoms with E-state index in [1.54, 1.807) is 6.20 Å². The van der Waals surface area contributed by atoms with E-state index < -0.39 is 5.91 Å². The highest BCUT2D eigenvalue weighted by Crippen LogP contribution is 2.33. The lowest BCUT2D eigenvalue weighted by Gasteiger charge is -2.33. The average Bonchev–Trinajstić information content (AvgIpc) is 2.96. The summed E-state index contributed by atoms with van der Waals surface area (Å²) in [5, 5.41) is 4.54. The first-order valence-electron chi connectivity index (χ1n) is 7.73. The maximum Gasteiger partial charge on any atom is 0.252 e. The van der Waals surface area contributed by atoms with E-state index in [0.717, 1.165) is 29.6 Å². The molecule has 1 amide bonds. The molecule has 3 rings (SSSR count). The van der Waals surface area contributed by atoms with E-state index in [2.05, 4.69) is 22.2 Å². The summed E-state index contributed by atoms with van der Waals surface area (Å²) in [6.45, 7) is 2.23. The molecule has 1 saturated carbocycles. The van der Waals surface area contributed by atoms with Gasteiger partial charge in [-0.05, 0) is 24.8 Å². The fourth-order valence-electron chi connectivity index (χ4n) is 3.42. The van der Waals surface area contributed by atoms with Crippen molar-refractivity contribution in [1.29, 1.82) is 0 Å².